The van der Waals surface area contributed by atoms with Crippen LogP contribution in [0, 0.1) is 11.3 Å². The van der Waals surface area contributed by atoms with Crippen molar-refractivity contribution >= 4 is 35.2 Å². The first kappa shape index (κ1) is 18.1. The van der Waals surface area contributed by atoms with Gasteiger partial charge < -0.3 is 14.5 Å². The van der Waals surface area contributed by atoms with Crippen molar-refractivity contribution in [2.45, 2.75) is 0 Å². The number of amides is 1. The number of nitrogens with one attached hydrogen (secondary N) is 1. The highest BCUT2D eigenvalue weighted by Gasteiger charge is 2.12. The van der Waals surface area contributed by atoms with Crippen LogP contribution in [0.15, 0.2) is 40.3 Å². The third-order valence-electron chi connectivity index (χ3n) is 3.06. The summed E-state index contributed by atoms with van der Waals surface area (Å²) in [5.74, 6) is 0.360. The molecule has 124 valence electrons. The lowest BCUT2D eigenvalue weighted by molar-refractivity contribution is -0.117. The molecular formula is C17H14Cl2N2O3. The van der Waals surface area contributed by atoms with Crippen LogP contribution in [0.2, 0.25) is 10.0 Å². The number of methoxy groups -OCH3 is 1. The second-order valence-corrected chi connectivity index (χ2v) is 5.59. The molecule has 1 amide bonds. The van der Waals surface area contributed by atoms with Gasteiger partial charge in [-0.05, 0) is 30.3 Å². The van der Waals surface area contributed by atoms with Gasteiger partial charge in [-0.25, -0.2) is 0 Å². The van der Waals surface area contributed by atoms with E-state index in [0.717, 1.165) is 0 Å². The average Bonchev–Trinajstić information content (AvgIpc) is 3.03. The van der Waals surface area contributed by atoms with Crippen molar-refractivity contribution in [3.8, 4) is 17.4 Å². The highest BCUT2D eigenvalue weighted by molar-refractivity contribution is 6.35. The Morgan fingerprint density at radius 3 is 2.88 bits per heavy atom. The molecule has 0 aliphatic carbocycles. The maximum atomic E-state index is 11.9. The molecule has 24 heavy (non-hydrogen) atoms. The van der Waals surface area contributed by atoms with E-state index in [1.165, 1.54) is 13.2 Å². The zero-order chi connectivity index (χ0) is 17.5. The van der Waals surface area contributed by atoms with E-state index < -0.39 is 5.91 Å². The van der Waals surface area contributed by atoms with E-state index in [1.54, 1.807) is 30.3 Å². The van der Waals surface area contributed by atoms with Crippen LogP contribution in [0.25, 0.3) is 17.4 Å². The Bertz CT molecular complexity index is 806. The first-order valence-electron chi connectivity index (χ1n) is 6.99. The van der Waals surface area contributed by atoms with Crippen molar-refractivity contribution < 1.29 is 13.9 Å². The topological polar surface area (TPSA) is 75.3 Å². The van der Waals surface area contributed by atoms with Crippen LogP contribution < -0.4 is 5.32 Å². The minimum absolute atomic E-state index is 0.0656. The summed E-state index contributed by atoms with van der Waals surface area (Å²) in [7, 11) is 1.53. The zero-order valence-corrected chi connectivity index (χ0v) is 14.3. The molecule has 0 saturated carbocycles. The predicted octanol–water partition coefficient (Wildman–Crippen LogP) is 3.92. The summed E-state index contributed by atoms with van der Waals surface area (Å²) in [4.78, 5) is 11.9. The van der Waals surface area contributed by atoms with Crippen LogP contribution in [0.3, 0.4) is 0 Å². The second-order valence-electron chi connectivity index (χ2n) is 4.74. The van der Waals surface area contributed by atoms with Gasteiger partial charge in [0.2, 0.25) is 0 Å². The average molecular weight is 365 g/mol. The van der Waals surface area contributed by atoms with Gasteiger partial charge in [0.1, 0.15) is 23.2 Å². The molecule has 0 aliphatic heterocycles. The number of benzene rings is 1. The van der Waals surface area contributed by atoms with Gasteiger partial charge in [-0.2, -0.15) is 5.26 Å². The molecule has 5 nitrogen and oxygen atoms in total. The summed E-state index contributed by atoms with van der Waals surface area (Å²) in [5, 5.41) is 12.7. The summed E-state index contributed by atoms with van der Waals surface area (Å²) in [5.41, 5.74) is 0.566. The molecule has 0 radical (unpaired) electrons. The smallest absolute Gasteiger partial charge is 0.262 e. The number of furan rings is 1. The predicted molar refractivity (Wildman–Crippen MR) is 92.6 cm³/mol. The number of nitriles is 1. The van der Waals surface area contributed by atoms with Crippen molar-refractivity contribution in [3.63, 3.8) is 0 Å². The van der Waals surface area contributed by atoms with Crippen LogP contribution in [0.5, 0.6) is 0 Å². The number of hydrogen-bond donors (Lipinski definition) is 1. The number of nitrogens with zero attached hydrogens (tertiary/aromatic N) is 1. The standard InChI is InChI=1S/C17H14Cl2N2O3/c1-23-7-6-21-17(22)11(10-20)8-13-3-5-16(24-13)14-9-12(18)2-4-15(14)19/h2-5,8-9H,6-7H2,1H3,(H,21,22)/b11-8-. The summed E-state index contributed by atoms with van der Waals surface area (Å²) in [6.45, 7) is 0.679. The van der Waals surface area contributed by atoms with E-state index in [-0.39, 0.29) is 5.57 Å². The monoisotopic (exact) mass is 364 g/mol. The molecule has 7 heteroatoms. The van der Waals surface area contributed by atoms with E-state index in [9.17, 15) is 4.79 Å². The van der Waals surface area contributed by atoms with Crippen molar-refractivity contribution in [2.75, 3.05) is 20.3 Å². The van der Waals surface area contributed by atoms with Crippen LogP contribution >= 0.6 is 23.2 Å². The van der Waals surface area contributed by atoms with Crippen molar-refractivity contribution in [1.29, 1.82) is 5.26 Å². The maximum Gasteiger partial charge on any atom is 0.262 e. The third kappa shape index (κ3) is 4.62. The molecule has 0 unspecified atom stereocenters. The van der Waals surface area contributed by atoms with Gasteiger partial charge in [0.15, 0.2) is 0 Å². The third-order valence-corrected chi connectivity index (χ3v) is 3.63. The molecule has 0 spiro atoms. The van der Waals surface area contributed by atoms with Gasteiger partial charge in [0.25, 0.3) is 5.91 Å². The summed E-state index contributed by atoms with van der Waals surface area (Å²) in [6, 6.07) is 10.2. The van der Waals surface area contributed by atoms with Gasteiger partial charge >= 0.3 is 0 Å². The van der Waals surface area contributed by atoms with E-state index >= 15 is 0 Å². The van der Waals surface area contributed by atoms with Crippen LogP contribution in [0.1, 0.15) is 5.76 Å². The fourth-order valence-electron chi connectivity index (χ4n) is 1.91. The Hall–Kier alpha value is -2.26. The Labute approximate surface area is 149 Å². The van der Waals surface area contributed by atoms with Gasteiger partial charge in [0, 0.05) is 30.3 Å². The molecule has 1 heterocycles. The minimum atomic E-state index is -0.492. The molecule has 0 bridgehead atoms. The van der Waals surface area contributed by atoms with Gasteiger partial charge in [-0.15, -0.1) is 0 Å². The van der Waals surface area contributed by atoms with Crippen molar-refractivity contribution in [2.24, 2.45) is 0 Å². The highest BCUT2D eigenvalue weighted by Crippen LogP contribution is 2.32. The SMILES string of the molecule is COCCNC(=O)/C(C#N)=C\c1ccc(-c2cc(Cl)ccc2Cl)o1. The van der Waals surface area contributed by atoms with Crippen molar-refractivity contribution in [3.05, 3.63) is 51.7 Å². The molecule has 1 N–H and O–H groups in total. The Morgan fingerprint density at radius 2 is 2.17 bits per heavy atom. The summed E-state index contributed by atoms with van der Waals surface area (Å²) >= 11 is 12.1. The summed E-state index contributed by atoms with van der Waals surface area (Å²) < 4.78 is 10.5. The van der Waals surface area contributed by atoms with Crippen LogP contribution in [-0.2, 0) is 9.53 Å². The number of hydrogen-bond acceptors (Lipinski definition) is 4. The number of rotatable bonds is 6. The first-order valence-corrected chi connectivity index (χ1v) is 7.75. The van der Waals surface area contributed by atoms with Crippen LogP contribution in [-0.4, -0.2) is 26.2 Å². The fourth-order valence-corrected chi connectivity index (χ4v) is 2.30. The van der Waals surface area contributed by atoms with E-state index in [4.69, 9.17) is 37.6 Å². The summed E-state index contributed by atoms with van der Waals surface area (Å²) in [6.07, 6.45) is 1.37. The van der Waals surface area contributed by atoms with Gasteiger partial charge in [-0.1, -0.05) is 23.2 Å². The largest absolute Gasteiger partial charge is 0.457 e. The number of carbonyl (C=O) groups excluding carboxylic acids is 1. The Kier molecular flexibility index (Phi) is 6.44. The lowest BCUT2D eigenvalue weighted by Gasteiger charge is -2.02. The van der Waals surface area contributed by atoms with E-state index in [2.05, 4.69) is 5.32 Å². The van der Waals surface area contributed by atoms with E-state index in [1.807, 2.05) is 6.07 Å². The van der Waals surface area contributed by atoms with E-state index in [0.29, 0.717) is 40.3 Å². The second kappa shape index (κ2) is 8.55. The number of halogens is 2. The Morgan fingerprint density at radius 1 is 1.38 bits per heavy atom. The highest BCUT2D eigenvalue weighted by atomic mass is 35.5. The molecule has 1 aromatic heterocycles. The normalized spacial score (nSPS) is 11.2. The molecule has 2 rings (SSSR count). The molecule has 0 saturated heterocycles. The molecule has 0 fully saturated rings. The quantitative estimate of drug-likeness (QED) is 0.478. The molecule has 2 aromatic rings. The van der Waals surface area contributed by atoms with Gasteiger partial charge in [-0.3, -0.25) is 4.79 Å². The first-order chi connectivity index (χ1) is 11.5. The van der Waals surface area contributed by atoms with Crippen LogP contribution in [0.4, 0.5) is 0 Å². The zero-order valence-electron chi connectivity index (χ0n) is 12.8. The number of carbonyl (C=O) groups is 1. The lowest BCUT2D eigenvalue weighted by Crippen LogP contribution is -2.27. The van der Waals surface area contributed by atoms with Crippen molar-refractivity contribution in [1.82, 2.24) is 5.32 Å². The van der Waals surface area contributed by atoms with Gasteiger partial charge in [0.05, 0.1) is 11.6 Å². The maximum absolute atomic E-state index is 11.9. The number of ether oxygens (including phenoxy) is 1. The minimum Gasteiger partial charge on any atom is -0.457 e. The lowest BCUT2D eigenvalue weighted by atomic mass is 10.2. The molecule has 1 aromatic carbocycles. The molecular weight excluding hydrogens is 351 g/mol. The Balaban J connectivity index is 2.21. The molecule has 0 atom stereocenters. The molecule has 0 aliphatic rings. The fraction of sp³-hybridized carbons (Fsp3) is 0.176.